The van der Waals surface area contributed by atoms with E-state index < -0.39 is 0 Å². The quantitative estimate of drug-likeness (QED) is 0.265. The number of hydrogen-bond acceptors (Lipinski definition) is 2. The van der Waals surface area contributed by atoms with Gasteiger partial charge in [0, 0.05) is 34.2 Å². The second-order valence-corrected chi connectivity index (χ2v) is 10.8. The van der Waals surface area contributed by atoms with E-state index in [-0.39, 0.29) is 57.0 Å². The summed E-state index contributed by atoms with van der Waals surface area (Å²) in [5.41, 5.74) is 19.3. The van der Waals surface area contributed by atoms with E-state index in [2.05, 4.69) is 95.3 Å². The largest absolute Gasteiger partial charge is 3.00 e. The van der Waals surface area contributed by atoms with Gasteiger partial charge in [-0.2, -0.15) is 0 Å². The average molecular weight is 711 g/mol. The Bertz CT molecular complexity index is 1700. The van der Waals surface area contributed by atoms with Crippen molar-refractivity contribution in [1.29, 1.82) is 0 Å². The van der Waals surface area contributed by atoms with Crippen molar-refractivity contribution in [3.8, 4) is 0 Å². The van der Waals surface area contributed by atoms with Crippen LogP contribution < -0.4 is 37.2 Å². The van der Waals surface area contributed by atoms with Crippen molar-refractivity contribution in [3.05, 3.63) is 68.8 Å². The molecule has 44 heavy (non-hydrogen) atoms. The zero-order valence-corrected chi connectivity index (χ0v) is 32.3. The molecule has 5 rings (SSSR count). The van der Waals surface area contributed by atoms with Gasteiger partial charge in [-0.1, -0.05) is 48.5 Å². The fourth-order valence-corrected chi connectivity index (χ4v) is 7.06. The summed E-state index contributed by atoms with van der Waals surface area (Å²) in [6.07, 6.45) is 11.2. The molecule has 4 nitrogen and oxygen atoms in total. The van der Waals surface area contributed by atoms with Crippen molar-refractivity contribution >= 4 is 65.2 Å². The smallest absolute Gasteiger partial charge is 1.00 e. The molecule has 0 unspecified atom stereocenters. The van der Waals surface area contributed by atoms with Gasteiger partial charge in [0.15, 0.2) is 0 Å². The number of nitrogens with one attached hydrogen (secondary N) is 1. The van der Waals surface area contributed by atoms with E-state index in [4.69, 9.17) is 9.97 Å². The number of halogens is 3. The molecule has 0 amide bonds. The summed E-state index contributed by atoms with van der Waals surface area (Å²) in [4.78, 5) is 14.4. The first-order chi connectivity index (χ1) is 19.5. The summed E-state index contributed by atoms with van der Waals surface area (Å²) < 4.78 is 2.55. The Balaban J connectivity index is 0.00000242. The summed E-state index contributed by atoms with van der Waals surface area (Å²) in [7, 11) is 0. The molecular formula is C36H46Cl3GaN4. The van der Waals surface area contributed by atoms with E-state index in [9.17, 15) is 0 Å². The Morgan fingerprint density at radius 1 is 0.591 bits per heavy atom. The van der Waals surface area contributed by atoms with Gasteiger partial charge >= 0.3 is 19.8 Å². The van der Waals surface area contributed by atoms with E-state index in [0.29, 0.717) is 0 Å². The molecule has 0 fully saturated rings. The zero-order valence-electron chi connectivity index (χ0n) is 27.6. The summed E-state index contributed by atoms with van der Waals surface area (Å²) in [5, 5.41) is 0. The van der Waals surface area contributed by atoms with Gasteiger partial charge in [0.05, 0.1) is 28.3 Å². The van der Waals surface area contributed by atoms with Crippen LogP contribution in [0.3, 0.4) is 0 Å². The Hall–Kier alpha value is -1.89. The number of aromatic nitrogens is 4. The van der Waals surface area contributed by atoms with Crippen LogP contribution in [-0.2, 0) is 38.6 Å². The molecule has 5 heterocycles. The summed E-state index contributed by atoms with van der Waals surface area (Å²) in [6, 6.07) is 6.80. The van der Waals surface area contributed by atoms with Gasteiger partial charge in [-0.25, -0.2) is 9.97 Å². The van der Waals surface area contributed by atoms with E-state index in [0.717, 1.165) is 68.4 Å². The normalized spacial score (nSPS) is 11.9. The van der Waals surface area contributed by atoms with Gasteiger partial charge < -0.3 is 46.8 Å². The Kier molecular flexibility index (Phi) is 15.6. The molecule has 3 aromatic heterocycles. The maximum atomic E-state index is 5.61. The fourth-order valence-electron chi connectivity index (χ4n) is 7.06. The number of aryl methyl sites for hydroxylation is 6. The molecule has 0 radical (unpaired) electrons. The molecule has 0 saturated carbocycles. The molecule has 3 aromatic rings. The third kappa shape index (κ3) is 6.78. The maximum Gasteiger partial charge on any atom is 3.00 e. The number of aromatic amines is 1. The number of nitrogens with zero attached hydrogens (tertiary/aromatic N) is 3. The minimum Gasteiger partial charge on any atom is -1.00 e. The van der Waals surface area contributed by atoms with Crippen LogP contribution in [0.15, 0.2) is 18.2 Å². The SMILES string of the molecule is CCC1=C(CC)c2nc1c(CC)c1[nH]c(cc3nc(cc4c(CC)c(CC)c(c2CC)n4CC)C=C3)cc1CC.[Cl-].[Cl-].[Cl-].[Ga+3]. The molecule has 8 bridgehead atoms. The van der Waals surface area contributed by atoms with Crippen molar-refractivity contribution in [2.75, 3.05) is 0 Å². The van der Waals surface area contributed by atoms with Gasteiger partial charge in [0.2, 0.25) is 0 Å². The van der Waals surface area contributed by atoms with Crippen molar-refractivity contribution < 1.29 is 37.2 Å². The van der Waals surface area contributed by atoms with Crippen LogP contribution in [0.4, 0.5) is 0 Å². The zero-order chi connectivity index (χ0) is 28.6. The standard InChI is InChI=1S/C36H46N4.3ClH.Ga/c1-9-22-19-25-20-23-17-18-24(37-23)21-32-26(10-2)29(13-5)36(40(32)16-8)31(15-7)35-28(12-4)27(11-3)34(39-35)30(14-6)33(22)38-25;;;;/h17-21,38H,9-16H2,1-8H3;3*1H;/q;;;;+3/p-3. The number of allylic oxidation sites excluding steroid dienone is 2. The molecule has 0 spiro atoms. The van der Waals surface area contributed by atoms with Crippen LogP contribution >= 0.6 is 0 Å². The molecular weight excluding hydrogens is 665 g/mol. The first-order valence-corrected chi connectivity index (χ1v) is 15.7. The van der Waals surface area contributed by atoms with Gasteiger partial charge in [0.1, 0.15) is 0 Å². The minimum atomic E-state index is 0. The number of H-pyrrole nitrogens is 1. The monoisotopic (exact) mass is 708 g/mol. The van der Waals surface area contributed by atoms with Crippen LogP contribution in [0.2, 0.25) is 0 Å². The van der Waals surface area contributed by atoms with Crippen molar-refractivity contribution in [1.82, 2.24) is 19.5 Å². The molecule has 1 N–H and O–H groups in total. The maximum absolute atomic E-state index is 5.61. The summed E-state index contributed by atoms with van der Waals surface area (Å²) in [6.45, 7) is 19.2. The van der Waals surface area contributed by atoms with Gasteiger partial charge in [-0.05, 0) is 110 Å². The van der Waals surface area contributed by atoms with E-state index in [1.807, 2.05) is 0 Å². The summed E-state index contributed by atoms with van der Waals surface area (Å²) >= 11 is 0. The van der Waals surface area contributed by atoms with E-state index >= 15 is 0 Å². The van der Waals surface area contributed by atoms with Gasteiger partial charge in [-0.15, -0.1) is 0 Å². The molecule has 8 heteroatoms. The van der Waals surface area contributed by atoms with Gasteiger partial charge in [-0.3, -0.25) is 0 Å². The Labute approximate surface area is 295 Å². The average Bonchev–Trinajstić information content (AvgIpc) is 3.73. The predicted octanol–water partition coefficient (Wildman–Crippen LogP) is 0.153. The molecule has 0 aromatic carbocycles. The van der Waals surface area contributed by atoms with Crippen molar-refractivity contribution in [3.63, 3.8) is 0 Å². The van der Waals surface area contributed by atoms with Crippen LogP contribution in [0, 0.1) is 0 Å². The molecule has 234 valence electrons. The molecule has 0 atom stereocenters. The number of hydrogen-bond donors (Lipinski definition) is 1. The molecule has 0 aliphatic carbocycles. The van der Waals surface area contributed by atoms with Crippen LogP contribution in [0.1, 0.15) is 119 Å². The molecule has 2 aliphatic rings. The Morgan fingerprint density at radius 2 is 1.14 bits per heavy atom. The van der Waals surface area contributed by atoms with E-state index in [1.165, 1.54) is 66.9 Å². The number of rotatable bonds is 8. The second kappa shape index (κ2) is 17.1. The van der Waals surface area contributed by atoms with Crippen molar-refractivity contribution in [2.24, 2.45) is 0 Å². The molecule has 0 saturated heterocycles. The third-order valence-electron chi connectivity index (χ3n) is 8.85. The first-order valence-electron chi connectivity index (χ1n) is 15.7. The summed E-state index contributed by atoms with van der Waals surface area (Å²) in [5.74, 6) is 0. The van der Waals surface area contributed by atoms with E-state index in [1.54, 1.807) is 0 Å². The Morgan fingerprint density at radius 3 is 1.64 bits per heavy atom. The van der Waals surface area contributed by atoms with Crippen LogP contribution in [0.5, 0.6) is 0 Å². The minimum absolute atomic E-state index is 0. The van der Waals surface area contributed by atoms with Crippen LogP contribution in [0.25, 0.3) is 45.4 Å². The fraction of sp³-hybridized carbons (Fsp3) is 0.444. The number of fused-ring (bicyclic) bond motifs is 8. The first kappa shape index (κ1) is 40.1. The molecule has 2 aliphatic heterocycles. The second-order valence-electron chi connectivity index (χ2n) is 10.8. The topological polar surface area (TPSA) is 46.5 Å². The van der Waals surface area contributed by atoms with Crippen molar-refractivity contribution in [2.45, 2.75) is 107 Å². The van der Waals surface area contributed by atoms with Gasteiger partial charge in [0.25, 0.3) is 0 Å². The van der Waals surface area contributed by atoms with Crippen LogP contribution in [-0.4, -0.2) is 39.3 Å². The third-order valence-corrected chi connectivity index (χ3v) is 8.85. The predicted molar refractivity (Wildman–Crippen MR) is 179 cm³/mol.